The lowest BCUT2D eigenvalue weighted by Gasteiger charge is -2.20. The van der Waals surface area contributed by atoms with E-state index in [4.69, 9.17) is 5.26 Å². The summed E-state index contributed by atoms with van der Waals surface area (Å²) in [6.07, 6.45) is 3.09. The first-order chi connectivity index (χ1) is 11.4. The Morgan fingerprint density at radius 1 is 1.42 bits per heavy atom. The Kier molecular flexibility index (Phi) is 4.08. The van der Waals surface area contributed by atoms with Gasteiger partial charge in [0.15, 0.2) is 11.7 Å². The predicted molar refractivity (Wildman–Crippen MR) is 80.9 cm³/mol. The number of nitrogens with zero attached hydrogens (tertiary/aromatic N) is 2. The van der Waals surface area contributed by atoms with Gasteiger partial charge in [-0.3, -0.25) is 9.59 Å². The lowest BCUT2D eigenvalue weighted by atomic mass is 9.82. The number of pyridine rings is 1. The number of hydrogen-bond acceptors (Lipinski definition) is 4. The molecule has 1 aromatic rings. The van der Waals surface area contributed by atoms with Crippen molar-refractivity contribution < 1.29 is 18.4 Å². The number of hydrogen-bond donors (Lipinski definition) is 1. The molecule has 0 saturated heterocycles. The highest BCUT2D eigenvalue weighted by atomic mass is 19.3. The lowest BCUT2D eigenvalue weighted by Crippen LogP contribution is -2.31. The van der Waals surface area contributed by atoms with Crippen molar-refractivity contribution in [2.75, 3.05) is 5.32 Å². The van der Waals surface area contributed by atoms with E-state index >= 15 is 0 Å². The van der Waals surface area contributed by atoms with E-state index in [0.29, 0.717) is 12.8 Å². The maximum atomic E-state index is 14.1. The standard InChI is InChI=1S/C17H17F2N3O2/c18-17(19)13-5-1-3-7-16(13,17)9-12(23)11(10-20)15(24)22-14-6-2-4-8-21-14/h2,4,6,8,11,13H,1,3,5,7,9H2,(H,21,22,24). The van der Waals surface area contributed by atoms with Crippen LogP contribution in [0.15, 0.2) is 24.4 Å². The Morgan fingerprint density at radius 3 is 2.83 bits per heavy atom. The Hall–Kier alpha value is -2.36. The highest BCUT2D eigenvalue weighted by Crippen LogP contribution is 2.74. The molecule has 1 N–H and O–H groups in total. The van der Waals surface area contributed by atoms with Gasteiger partial charge in [0.1, 0.15) is 5.82 Å². The van der Waals surface area contributed by atoms with Gasteiger partial charge in [-0.2, -0.15) is 5.26 Å². The van der Waals surface area contributed by atoms with E-state index in [0.717, 1.165) is 6.42 Å². The van der Waals surface area contributed by atoms with E-state index in [1.54, 1.807) is 18.2 Å². The SMILES string of the molecule is N#CC(C(=O)CC12CCCCC1C2(F)F)C(=O)Nc1ccccn1. The Labute approximate surface area is 138 Å². The van der Waals surface area contributed by atoms with Crippen LogP contribution in [-0.4, -0.2) is 22.6 Å². The summed E-state index contributed by atoms with van der Waals surface area (Å²) in [5, 5.41) is 11.5. The molecule has 2 aliphatic carbocycles. The third-order valence-corrected chi connectivity index (χ3v) is 5.17. The zero-order valence-corrected chi connectivity index (χ0v) is 13.0. The number of halogens is 2. The van der Waals surface area contributed by atoms with E-state index in [1.807, 2.05) is 0 Å². The van der Waals surface area contributed by atoms with Gasteiger partial charge in [0.2, 0.25) is 0 Å². The summed E-state index contributed by atoms with van der Waals surface area (Å²) in [4.78, 5) is 28.4. The minimum Gasteiger partial charge on any atom is -0.309 e. The highest BCUT2D eigenvalue weighted by molar-refractivity contribution is 6.09. The van der Waals surface area contributed by atoms with Crippen LogP contribution < -0.4 is 5.32 Å². The fourth-order valence-corrected chi connectivity index (χ4v) is 3.83. The number of carbonyl (C=O) groups is 2. The molecule has 1 heterocycles. The molecule has 3 unspecified atom stereocenters. The Bertz CT molecular complexity index is 702. The molecule has 2 saturated carbocycles. The zero-order chi connectivity index (χ0) is 17.4. The van der Waals surface area contributed by atoms with E-state index in [2.05, 4.69) is 10.3 Å². The average Bonchev–Trinajstić information content (AvgIpc) is 3.04. The summed E-state index contributed by atoms with van der Waals surface area (Å²) in [5.41, 5.74) is -1.34. The fraction of sp³-hybridized carbons (Fsp3) is 0.529. The van der Waals surface area contributed by atoms with Gasteiger partial charge in [0, 0.05) is 24.0 Å². The number of alkyl halides is 2. The normalized spacial score (nSPS) is 28.1. The molecule has 0 spiro atoms. The molecule has 24 heavy (non-hydrogen) atoms. The highest BCUT2D eigenvalue weighted by Gasteiger charge is 2.80. The maximum absolute atomic E-state index is 14.1. The van der Waals surface area contributed by atoms with Crippen LogP contribution in [0.1, 0.15) is 32.1 Å². The predicted octanol–water partition coefficient (Wildman–Crippen LogP) is 2.94. The molecule has 0 aromatic carbocycles. The second-order valence-electron chi connectivity index (χ2n) is 6.49. The van der Waals surface area contributed by atoms with Crippen molar-refractivity contribution in [2.24, 2.45) is 17.3 Å². The van der Waals surface area contributed by atoms with Crippen LogP contribution in [0.25, 0.3) is 0 Å². The van der Waals surface area contributed by atoms with Crippen LogP contribution in [0.5, 0.6) is 0 Å². The summed E-state index contributed by atoms with van der Waals surface area (Å²) in [6, 6.07) is 6.45. The summed E-state index contributed by atoms with van der Waals surface area (Å²) in [6.45, 7) is 0. The monoisotopic (exact) mass is 333 g/mol. The Morgan fingerprint density at radius 2 is 2.21 bits per heavy atom. The first-order valence-corrected chi connectivity index (χ1v) is 7.94. The van der Waals surface area contributed by atoms with Crippen molar-refractivity contribution in [3.8, 4) is 6.07 Å². The van der Waals surface area contributed by atoms with Crippen molar-refractivity contribution >= 4 is 17.5 Å². The summed E-state index contributed by atoms with van der Waals surface area (Å²) in [7, 11) is 0. The molecule has 2 aliphatic rings. The van der Waals surface area contributed by atoms with E-state index in [-0.39, 0.29) is 12.2 Å². The van der Waals surface area contributed by atoms with Crippen molar-refractivity contribution in [2.45, 2.75) is 38.0 Å². The van der Waals surface area contributed by atoms with Gasteiger partial charge in [-0.15, -0.1) is 0 Å². The Balaban J connectivity index is 1.69. The molecule has 0 radical (unpaired) electrons. The number of fused-ring (bicyclic) bond motifs is 1. The van der Waals surface area contributed by atoms with Crippen molar-refractivity contribution in [1.29, 1.82) is 5.26 Å². The zero-order valence-electron chi connectivity index (χ0n) is 13.0. The van der Waals surface area contributed by atoms with Gasteiger partial charge in [-0.05, 0) is 25.0 Å². The van der Waals surface area contributed by atoms with Crippen LogP contribution in [0, 0.1) is 28.6 Å². The molecule has 0 bridgehead atoms. The molecular formula is C17H17F2N3O2. The number of ketones is 1. The summed E-state index contributed by atoms with van der Waals surface area (Å²) in [5.74, 6) is -6.61. The van der Waals surface area contributed by atoms with Crippen molar-refractivity contribution in [3.05, 3.63) is 24.4 Å². The number of aromatic nitrogens is 1. The smallest absolute Gasteiger partial charge is 0.258 e. The number of Topliss-reactive ketones (excluding diaryl/α,β-unsaturated/α-hetero) is 1. The quantitative estimate of drug-likeness (QED) is 0.840. The third-order valence-electron chi connectivity index (χ3n) is 5.17. The summed E-state index contributed by atoms with van der Waals surface area (Å²) < 4.78 is 28.2. The lowest BCUT2D eigenvalue weighted by molar-refractivity contribution is -0.130. The fourth-order valence-electron chi connectivity index (χ4n) is 3.83. The number of amides is 1. The number of rotatable bonds is 5. The molecule has 5 nitrogen and oxygen atoms in total. The van der Waals surface area contributed by atoms with Crippen LogP contribution >= 0.6 is 0 Å². The summed E-state index contributed by atoms with van der Waals surface area (Å²) >= 11 is 0. The van der Waals surface area contributed by atoms with Gasteiger partial charge in [0.25, 0.3) is 11.8 Å². The van der Waals surface area contributed by atoms with E-state index in [1.165, 1.54) is 12.3 Å². The maximum Gasteiger partial charge on any atom is 0.258 e. The largest absolute Gasteiger partial charge is 0.309 e. The van der Waals surface area contributed by atoms with E-state index in [9.17, 15) is 18.4 Å². The average molecular weight is 333 g/mol. The van der Waals surface area contributed by atoms with Crippen molar-refractivity contribution in [3.63, 3.8) is 0 Å². The molecular weight excluding hydrogens is 316 g/mol. The van der Waals surface area contributed by atoms with Gasteiger partial charge >= 0.3 is 0 Å². The van der Waals surface area contributed by atoms with Gasteiger partial charge in [-0.25, -0.2) is 13.8 Å². The first-order valence-electron chi connectivity index (χ1n) is 7.94. The molecule has 2 fully saturated rings. The number of nitriles is 1. The van der Waals surface area contributed by atoms with Crippen LogP contribution in [-0.2, 0) is 9.59 Å². The van der Waals surface area contributed by atoms with Crippen LogP contribution in [0.3, 0.4) is 0 Å². The molecule has 3 atom stereocenters. The van der Waals surface area contributed by atoms with Gasteiger partial charge < -0.3 is 5.32 Å². The first kappa shape index (κ1) is 16.5. The number of carbonyl (C=O) groups excluding carboxylic acids is 2. The molecule has 1 amide bonds. The molecule has 1 aromatic heterocycles. The number of anilines is 1. The van der Waals surface area contributed by atoms with Gasteiger partial charge in [0.05, 0.1) is 6.07 Å². The molecule has 126 valence electrons. The second kappa shape index (κ2) is 5.93. The third kappa shape index (κ3) is 2.56. The van der Waals surface area contributed by atoms with Gasteiger partial charge in [-0.1, -0.05) is 18.9 Å². The second-order valence-corrected chi connectivity index (χ2v) is 6.49. The van der Waals surface area contributed by atoms with E-state index < -0.39 is 41.3 Å². The topological polar surface area (TPSA) is 82.8 Å². The minimum atomic E-state index is -2.86. The van der Waals surface area contributed by atoms with Crippen LogP contribution in [0.4, 0.5) is 14.6 Å². The minimum absolute atomic E-state index is 0.209. The molecule has 7 heteroatoms. The van der Waals surface area contributed by atoms with Crippen molar-refractivity contribution in [1.82, 2.24) is 4.98 Å². The molecule has 3 rings (SSSR count). The van der Waals surface area contributed by atoms with Crippen LogP contribution in [0.2, 0.25) is 0 Å². The molecule has 0 aliphatic heterocycles. The number of nitrogens with one attached hydrogen (secondary N) is 1.